The van der Waals surface area contributed by atoms with Crippen molar-refractivity contribution in [2.75, 3.05) is 13.7 Å². The van der Waals surface area contributed by atoms with Crippen molar-refractivity contribution < 1.29 is 17.9 Å². The summed E-state index contributed by atoms with van der Waals surface area (Å²) >= 11 is 5.79. The van der Waals surface area contributed by atoms with Gasteiger partial charge in [0, 0.05) is 18.0 Å². The molecule has 0 heterocycles. The molecule has 0 saturated carbocycles. The van der Waals surface area contributed by atoms with E-state index in [9.17, 15) is 13.2 Å². The molecule has 0 bridgehead atoms. The van der Waals surface area contributed by atoms with Gasteiger partial charge in [0.15, 0.2) is 0 Å². The van der Waals surface area contributed by atoms with E-state index in [1.54, 1.807) is 6.08 Å². The van der Waals surface area contributed by atoms with Crippen molar-refractivity contribution in [1.82, 2.24) is 4.72 Å². The summed E-state index contributed by atoms with van der Waals surface area (Å²) in [5.74, 6) is -0.272. The maximum absolute atomic E-state index is 12.3. The fourth-order valence-electron chi connectivity index (χ4n) is 2.60. The molecule has 0 unspecified atom stereocenters. The number of nitrogens with one attached hydrogen (secondary N) is 1. The van der Waals surface area contributed by atoms with Gasteiger partial charge in [0.1, 0.15) is 0 Å². The number of esters is 1. The second kappa shape index (κ2) is 9.69. The van der Waals surface area contributed by atoms with Crippen LogP contribution < -0.4 is 4.72 Å². The molecule has 144 valence electrons. The van der Waals surface area contributed by atoms with Gasteiger partial charge in [-0.25, -0.2) is 13.1 Å². The normalized spacial score (nSPS) is 11.2. The molecule has 5 nitrogen and oxygen atoms in total. The summed E-state index contributed by atoms with van der Waals surface area (Å²) in [5, 5.41) is 0.482. The third-order valence-electron chi connectivity index (χ3n) is 4.08. The number of hydrogen-bond donors (Lipinski definition) is 1. The van der Waals surface area contributed by atoms with Gasteiger partial charge in [0.05, 0.1) is 12.0 Å². The molecule has 0 radical (unpaired) electrons. The van der Waals surface area contributed by atoms with Crippen LogP contribution in [0.2, 0.25) is 5.02 Å². The Balaban J connectivity index is 2.01. The molecule has 0 aliphatic carbocycles. The maximum Gasteiger partial charge on any atom is 0.305 e. The Labute approximate surface area is 165 Å². The lowest BCUT2D eigenvalue weighted by Gasteiger charge is -2.10. The van der Waals surface area contributed by atoms with Crippen molar-refractivity contribution in [3.8, 4) is 0 Å². The van der Waals surface area contributed by atoms with Crippen LogP contribution in [0.5, 0.6) is 0 Å². The number of methoxy groups -OCH3 is 1. The summed E-state index contributed by atoms with van der Waals surface area (Å²) in [5.41, 5.74) is 2.90. The van der Waals surface area contributed by atoms with Crippen molar-refractivity contribution in [2.45, 2.75) is 24.2 Å². The molecular formula is C20H22ClNO4S. The van der Waals surface area contributed by atoms with E-state index in [4.69, 9.17) is 11.6 Å². The number of hydrogen-bond acceptors (Lipinski definition) is 4. The first-order valence-corrected chi connectivity index (χ1v) is 10.3. The second-order valence-corrected chi connectivity index (χ2v) is 8.12. The lowest BCUT2D eigenvalue weighted by molar-refractivity contribution is -0.140. The molecule has 0 saturated heterocycles. The molecule has 0 fully saturated rings. The third kappa shape index (κ3) is 6.20. The summed E-state index contributed by atoms with van der Waals surface area (Å²) < 4.78 is 31.8. The Bertz CT molecular complexity index is 908. The van der Waals surface area contributed by atoms with Gasteiger partial charge in [-0.1, -0.05) is 42.5 Å². The Kier molecular flexibility index (Phi) is 7.59. The van der Waals surface area contributed by atoms with Crippen molar-refractivity contribution in [3.63, 3.8) is 0 Å². The Morgan fingerprint density at radius 1 is 1.19 bits per heavy atom. The van der Waals surface area contributed by atoms with E-state index in [2.05, 4.69) is 16.0 Å². The number of benzene rings is 2. The molecule has 0 atom stereocenters. The number of carbonyl (C=O) groups is 1. The van der Waals surface area contributed by atoms with Crippen molar-refractivity contribution in [2.24, 2.45) is 0 Å². The van der Waals surface area contributed by atoms with Gasteiger partial charge >= 0.3 is 5.97 Å². The SMILES string of the molecule is C=Cc1ccc(CCNS(=O)(=O)c2ccc(Cl)cc2)cc1CCC(=O)OC. The number of halogens is 1. The van der Waals surface area contributed by atoms with Gasteiger partial charge in [0.2, 0.25) is 10.0 Å². The first-order chi connectivity index (χ1) is 12.9. The zero-order valence-electron chi connectivity index (χ0n) is 15.1. The highest BCUT2D eigenvalue weighted by atomic mass is 35.5. The van der Waals surface area contributed by atoms with Crippen LogP contribution in [-0.2, 0) is 32.4 Å². The number of carbonyl (C=O) groups excluding carboxylic acids is 1. The van der Waals surface area contributed by atoms with Gasteiger partial charge in [-0.3, -0.25) is 4.79 Å². The van der Waals surface area contributed by atoms with Gasteiger partial charge in [-0.05, 0) is 53.8 Å². The highest BCUT2D eigenvalue weighted by Crippen LogP contribution is 2.17. The minimum absolute atomic E-state index is 0.174. The van der Waals surface area contributed by atoms with E-state index in [0.717, 1.165) is 16.7 Å². The minimum atomic E-state index is -3.58. The van der Waals surface area contributed by atoms with Crippen molar-refractivity contribution in [1.29, 1.82) is 0 Å². The van der Waals surface area contributed by atoms with Crippen LogP contribution in [0, 0.1) is 0 Å². The summed E-state index contributed by atoms with van der Waals surface area (Å²) in [6.07, 6.45) is 3.08. The molecule has 0 spiro atoms. The average Bonchev–Trinajstić information content (AvgIpc) is 2.66. The number of sulfonamides is 1. The molecule has 2 aromatic carbocycles. The molecule has 7 heteroatoms. The monoisotopic (exact) mass is 407 g/mol. The first-order valence-electron chi connectivity index (χ1n) is 8.42. The smallest absolute Gasteiger partial charge is 0.305 e. The number of rotatable bonds is 9. The molecule has 1 N–H and O–H groups in total. The summed E-state index contributed by atoms with van der Waals surface area (Å²) in [7, 11) is -2.22. The van der Waals surface area contributed by atoms with Crippen molar-refractivity contribution in [3.05, 3.63) is 70.8 Å². The molecule has 2 aromatic rings. The average molecular weight is 408 g/mol. The Morgan fingerprint density at radius 2 is 1.89 bits per heavy atom. The zero-order valence-corrected chi connectivity index (χ0v) is 16.6. The summed E-state index contributed by atoms with van der Waals surface area (Å²) in [6.45, 7) is 4.04. The third-order valence-corrected chi connectivity index (χ3v) is 5.81. The van der Waals surface area contributed by atoms with Crippen LogP contribution in [0.3, 0.4) is 0 Å². The zero-order chi connectivity index (χ0) is 19.9. The summed E-state index contributed by atoms with van der Waals surface area (Å²) in [6, 6.07) is 11.8. The molecule has 0 aliphatic heterocycles. The van der Waals surface area contributed by atoms with Crippen LogP contribution >= 0.6 is 11.6 Å². The molecule has 27 heavy (non-hydrogen) atoms. The van der Waals surface area contributed by atoms with Crippen LogP contribution in [0.25, 0.3) is 6.08 Å². The quantitative estimate of drug-likeness (QED) is 0.644. The van der Waals surface area contributed by atoms with E-state index < -0.39 is 10.0 Å². The van der Waals surface area contributed by atoms with E-state index in [1.807, 2.05) is 18.2 Å². The fraction of sp³-hybridized carbons (Fsp3) is 0.250. The van der Waals surface area contributed by atoms with E-state index >= 15 is 0 Å². The number of ether oxygens (including phenoxy) is 1. The fourth-order valence-corrected chi connectivity index (χ4v) is 3.75. The summed E-state index contributed by atoms with van der Waals surface area (Å²) in [4.78, 5) is 11.5. The largest absolute Gasteiger partial charge is 0.469 e. The van der Waals surface area contributed by atoms with E-state index in [1.165, 1.54) is 31.4 Å². The molecular weight excluding hydrogens is 386 g/mol. The first kappa shape index (κ1) is 21.2. The standard InChI is InChI=1S/C20H22ClNO4S/c1-3-16-5-4-15(14-17(16)6-11-20(23)26-2)12-13-22-27(24,25)19-9-7-18(21)8-10-19/h3-5,7-10,14,22H,1,6,11-13H2,2H3. The maximum atomic E-state index is 12.3. The number of aryl methyl sites for hydroxylation is 1. The van der Waals surface area contributed by atoms with Gasteiger partial charge in [-0.2, -0.15) is 0 Å². The lowest BCUT2D eigenvalue weighted by atomic mass is 9.98. The topological polar surface area (TPSA) is 72.5 Å². The van der Waals surface area contributed by atoms with Gasteiger partial charge in [0.25, 0.3) is 0 Å². The predicted octanol–water partition coefficient (Wildman–Crippen LogP) is 3.61. The highest BCUT2D eigenvalue weighted by Gasteiger charge is 2.13. The highest BCUT2D eigenvalue weighted by molar-refractivity contribution is 7.89. The van der Waals surface area contributed by atoms with Gasteiger partial charge < -0.3 is 4.74 Å². The van der Waals surface area contributed by atoms with Crippen molar-refractivity contribution >= 4 is 33.7 Å². The van der Waals surface area contributed by atoms with Crippen LogP contribution in [0.4, 0.5) is 0 Å². The molecule has 0 aliphatic rings. The molecule has 2 rings (SSSR count). The lowest BCUT2D eigenvalue weighted by Crippen LogP contribution is -2.26. The van der Waals surface area contributed by atoms with Crippen LogP contribution in [0.15, 0.2) is 53.9 Å². The molecule has 0 amide bonds. The Hall–Kier alpha value is -2.15. The minimum Gasteiger partial charge on any atom is -0.469 e. The van der Waals surface area contributed by atoms with E-state index in [0.29, 0.717) is 17.9 Å². The second-order valence-electron chi connectivity index (χ2n) is 5.92. The van der Waals surface area contributed by atoms with Crippen LogP contribution in [0.1, 0.15) is 23.1 Å². The van der Waals surface area contributed by atoms with Gasteiger partial charge in [-0.15, -0.1) is 0 Å². The molecule has 0 aromatic heterocycles. The predicted molar refractivity (Wildman–Crippen MR) is 107 cm³/mol. The van der Waals surface area contributed by atoms with Crippen LogP contribution in [-0.4, -0.2) is 28.0 Å². The van der Waals surface area contributed by atoms with E-state index in [-0.39, 0.29) is 23.8 Å². The Morgan fingerprint density at radius 3 is 2.52 bits per heavy atom.